The Balaban J connectivity index is 2.54. The lowest BCUT2D eigenvalue weighted by Crippen LogP contribution is -2.57. The molecule has 13 heavy (non-hydrogen) atoms. The van der Waals surface area contributed by atoms with E-state index in [1.807, 2.05) is 4.90 Å². The molecule has 3 unspecified atom stereocenters. The van der Waals surface area contributed by atoms with Gasteiger partial charge >= 0.3 is 5.97 Å². The third-order valence-electron chi connectivity index (χ3n) is 2.49. The van der Waals surface area contributed by atoms with Crippen LogP contribution in [-0.2, 0) is 4.79 Å². The van der Waals surface area contributed by atoms with Crippen LogP contribution < -0.4 is 5.32 Å². The maximum atomic E-state index is 10.7. The lowest BCUT2D eigenvalue weighted by Gasteiger charge is -2.38. The van der Waals surface area contributed by atoms with Gasteiger partial charge in [0.2, 0.25) is 0 Å². The average Bonchev–Trinajstić information content (AvgIpc) is 2.01. The van der Waals surface area contributed by atoms with E-state index < -0.39 is 5.97 Å². The molecule has 1 fully saturated rings. The second-order valence-electron chi connectivity index (χ2n) is 3.94. The Morgan fingerprint density at radius 2 is 1.92 bits per heavy atom. The van der Waals surface area contributed by atoms with Gasteiger partial charge in [-0.05, 0) is 20.8 Å². The van der Waals surface area contributed by atoms with Crippen LogP contribution in [0.4, 0.5) is 0 Å². The van der Waals surface area contributed by atoms with Crippen molar-refractivity contribution in [1.82, 2.24) is 10.2 Å². The quantitative estimate of drug-likeness (QED) is 0.644. The third kappa shape index (κ3) is 2.67. The van der Waals surface area contributed by atoms with Gasteiger partial charge in [-0.25, -0.2) is 0 Å². The predicted molar refractivity (Wildman–Crippen MR) is 50.7 cm³/mol. The molecule has 0 saturated carbocycles. The van der Waals surface area contributed by atoms with Crippen molar-refractivity contribution in [2.45, 2.75) is 38.9 Å². The van der Waals surface area contributed by atoms with Crippen molar-refractivity contribution < 1.29 is 9.90 Å². The Labute approximate surface area is 78.9 Å². The zero-order valence-electron chi connectivity index (χ0n) is 8.45. The standard InChI is InChI=1S/C9H18N2O2/c1-6-4-11(5-7(2)10-6)8(3)9(12)13/h6-8,10H,4-5H2,1-3H3,(H,12,13). The molecule has 0 amide bonds. The number of nitrogens with zero attached hydrogens (tertiary/aromatic N) is 1. The summed E-state index contributed by atoms with van der Waals surface area (Å²) in [4.78, 5) is 12.8. The van der Waals surface area contributed by atoms with Crippen LogP contribution in [0.15, 0.2) is 0 Å². The molecule has 1 rings (SSSR count). The van der Waals surface area contributed by atoms with E-state index in [9.17, 15) is 4.79 Å². The summed E-state index contributed by atoms with van der Waals surface area (Å²) in [5, 5.41) is 12.2. The van der Waals surface area contributed by atoms with Gasteiger partial charge in [0.15, 0.2) is 0 Å². The summed E-state index contributed by atoms with van der Waals surface area (Å²) in [5.74, 6) is -0.735. The monoisotopic (exact) mass is 186 g/mol. The highest BCUT2D eigenvalue weighted by Crippen LogP contribution is 2.08. The first kappa shape index (κ1) is 10.5. The van der Waals surface area contributed by atoms with E-state index in [2.05, 4.69) is 19.2 Å². The van der Waals surface area contributed by atoms with Gasteiger partial charge in [-0.1, -0.05) is 0 Å². The number of rotatable bonds is 2. The Morgan fingerprint density at radius 3 is 2.31 bits per heavy atom. The Morgan fingerprint density at radius 1 is 1.46 bits per heavy atom. The van der Waals surface area contributed by atoms with E-state index in [-0.39, 0.29) is 6.04 Å². The SMILES string of the molecule is CC1CN(C(C)C(=O)O)CC(C)N1. The first-order valence-corrected chi connectivity index (χ1v) is 4.73. The van der Waals surface area contributed by atoms with Crippen molar-refractivity contribution in [2.24, 2.45) is 0 Å². The Bertz CT molecular complexity index is 186. The van der Waals surface area contributed by atoms with Gasteiger partial charge in [0.1, 0.15) is 6.04 Å². The first-order valence-electron chi connectivity index (χ1n) is 4.73. The number of carbonyl (C=O) groups is 1. The van der Waals surface area contributed by atoms with Crippen LogP contribution in [0, 0.1) is 0 Å². The molecule has 76 valence electrons. The van der Waals surface area contributed by atoms with Gasteiger partial charge in [-0.3, -0.25) is 9.69 Å². The number of hydrogen-bond acceptors (Lipinski definition) is 3. The van der Waals surface area contributed by atoms with Crippen molar-refractivity contribution in [3.63, 3.8) is 0 Å². The molecule has 4 heteroatoms. The van der Waals surface area contributed by atoms with E-state index in [4.69, 9.17) is 5.11 Å². The summed E-state index contributed by atoms with van der Waals surface area (Å²) in [5.41, 5.74) is 0. The van der Waals surface area contributed by atoms with Gasteiger partial charge in [0, 0.05) is 25.2 Å². The van der Waals surface area contributed by atoms with Crippen LogP contribution in [0.25, 0.3) is 0 Å². The third-order valence-corrected chi connectivity index (χ3v) is 2.49. The summed E-state index contributed by atoms with van der Waals surface area (Å²) < 4.78 is 0. The van der Waals surface area contributed by atoms with Crippen molar-refractivity contribution >= 4 is 5.97 Å². The fraction of sp³-hybridized carbons (Fsp3) is 0.889. The molecule has 0 aromatic carbocycles. The number of carboxylic acids is 1. The maximum absolute atomic E-state index is 10.7. The van der Waals surface area contributed by atoms with Crippen LogP contribution in [0.3, 0.4) is 0 Å². The molecular formula is C9H18N2O2. The molecule has 0 bridgehead atoms. The van der Waals surface area contributed by atoms with Crippen LogP contribution in [0.5, 0.6) is 0 Å². The zero-order chi connectivity index (χ0) is 10.0. The summed E-state index contributed by atoms with van der Waals surface area (Å²) >= 11 is 0. The molecule has 1 saturated heterocycles. The second-order valence-corrected chi connectivity index (χ2v) is 3.94. The molecule has 3 atom stereocenters. The fourth-order valence-electron chi connectivity index (χ4n) is 1.84. The van der Waals surface area contributed by atoms with E-state index in [0.717, 1.165) is 13.1 Å². The second kappa shape index (κ2) is 4.07. The highest BCUT2D eigenvalue weighted by Gasteiger charge is 2.27. The van der Waals surface area contributed by atoms with E-state index in [0.29, 0.717) is 12.1 Å². The van der Waals surface area contributed by atoms with Gasteiger partial charge in [0.05, 0.1) is 0 Å². The highest BCUT2D eigenvalue weighted by atomic mass is 16.4. The largest absolute Gasteiger partial charge is 0.480 e. The first-order chi connectivity index (χ1) is 6.00. The molecule has 0 aromatic heterocycles. The Kier molecular flexibility index (Phi) is 3.27. The topological polar surface area (TPSA) is 52.6 Å². The molecule has 0 spiro atoms. The molecule has 1 aliphatic heterocycles. The lowest BCUT2D eigenvalue weighted by atomic mass is 10.1. The summed E-state index contributed by atoms with van der Waals surface area (Å²) in [6.07, 6.45) is 0. The number of nitrogens with one attached hydrogen (secondary N) is 1. The average molecular weight is 186 g/mol. The van der Waals surface area contributed by atoms with Crippen LogP contribution >= 0.6 is 0 Å². The molecule has 0 radical (unpaired) electrons. The smallest absolute Gasteiger partial charge is 0.320 e. The molecule has 1 aliphatic rings. The number of hydrogen-bond donors (Lipinski definition) is 2. The number of carboxylic acid groups (broad SMARTS) is 1. The fourth-order valence-corrected chi connectivity index (χ4v) is 1.84. The summed E-state index contributed by atoms with van der Waals surface area (Å²) in [6.45, 7) is 7.54. The van der Waals surface area contributed by atoms with Gasteiger partial charge in [-0.2, -0.15) is 0 Å². The zero-order valence-corrected chi connectivity index (χ0v) is 8.45. The highest BCUT2D eigenvalue weighted by molar-refractivity contribution is 5.72. The molecule has 4 nitrogen and oxygen atoms in total. The van der Waals surface area contributed by atoms with Crippen molar-refractivity contribution in [3.8, 4) is 0 Å². The molecule has 0 aliphatic carbocycles. The number of piperazine rings is 1. The maximum Gasteiger partial charge on any atom is 0.320 e. The summed E-state index contributed by atoms with van der Waals surface area (Å²) in [6, 6.07) is 0.392. The van der Waals surface area contributed by atoms with Crippen LogP contribution in [-0.4, -0.2) is 47.2 Å². The number of aliphatic carboxylic acids is 1. The predicted octanol–water partition coefficient (Wildman–Crippen LogP) is 0.142. The molecular weight excluding hydrogens is 168 g/mol. The molecule has 0 aromatic rings. The molecule has 1 heterocycles. The van der Waals surface area contributed by atoms with Gasteiger partial charge < -0.3 is 10.4 Å². The van der Waals surface area contributed by atoms with Crippen molar-refractivity contribution in [2.75, 3.05) is 13.1 Å². The van der Waals surface area contributed by atoms with Gasteiger partial charge in [-0.15, -0.1) is 0 Å². The van der Waals surface area contributed by atoms with Crippen LogP contribution in [0.1, 0.15) is 20.8 Å². The molecule has 2 N–H and O–H groups in total. The van der Waals surface area contributed by atoms with Crippen molar-refractivity contribution in [1.29, 1.82) is 0 Å². The normalized spacial score (nSPS) is 32.8. The van der Waals surface area contributed by atoms with E-state index in [1.54, 1.807) is 6.92 Å². The minimum Gasteiger partial charge on any atom is -0.480 e. The van der Waals surface area contributed by atoms with Crippen molar-refractivity contribution in [3.05, 3.63) is 0 Å². The summed E-state index contributed by atoms with van der Waals surface area (Å²) in [7, 11) is 0. The van der Waals surface area contributed by atoms with Gasteiger partial charge in [0.25, 0.3) is 0 Å². The minimum atomic E-state index is -0.735. The van der Waals surface area contributed by atoms with Crippen LogP contribution in [0.2, 0.25) is 0 Å². The van der Waals surface area contributed by atoms with E-state index in [1.165, 1.54) is 0 Å². The van der Waals surface area contributed by atoms with E-state index >= 15 is 0 Å². The minimum absolute atomic E-state index is 0.369. The Hall–Kier alpha value is -0.610. The lowest BCUT2D eigenvalue weighted by molar-refractivity contribution is -0.143.